The molecule has 0 unspecified atom stereocenters. The monoisotopic (exact) mass is 271 g/mol. The maximum atomic E-state index is 12.0. The smallest absolute Gasteiger partial charge is 0.226 e. The average molecular weight is 271 g/mol. The number of benzene rings is 1. The minimum absolute atomic E-state index is 0.00917. The van der Waals surface area contributed by atoms with Crippen LogP contribution in [0.3, 0.4) is 0 Å². The summed E-state index contributed by atoms with van der Waals surface area (Å²) in [5.74, 6) is 0.00917. The van der Waals surface area contributed by atoms with E-state index in [2.05, 4.69) is 17.3 Å². The molecular formula is C16H21N3O. The van der Waals surface area contributed by atoms with Gasteiger partial charge < -0.3 is 5.32 Å². The second-order valence-electron chi connectivity index (χ2n) is 5.09. The van der Waals surface area contributed by atoms with Gasteiger partial charge in [-0.05, 0) is 44.0 Å². The molecule has 2 rings (SSSR count). The number of nitrogens with zero attached hydrogens (tertiary/aromatic N) is 2. The van der Waals surface area contributed by atoms with E-state index in [0.29, 0.717) is 6.42 Å². The highest BCUT2D eigenvalue weighted by atomic mass is 16.1. The van der Waals surface area contributed by atoms with Gasteiger partial charge in [0.2, 0.25) is 5.91 Å². The molecule has 0 bridgehead atoms. The number of aryl methyl sites for hydroxylation is 2. The lowest BCUT2D eigenvalue weighted by molar-refractivity contribution is -0.116. The zero-order chi connectivity index (χ0) is 14.5. The zero-order valence-corrected chi connectivity index (χ0v) is 12.3. The van der Waals surface area contributed by atoms with Crippen LogP contribution in [0.2, 0.25) is 0 Å². The van der Waals surface area contributed by atoms with Gasteiger partial charge in [-0.3, -0.25) is 9.48 Å². The van der Waals surface area contributed by atoms with Crippen molar-refractivity contribution in [2.75, 3.05) is 5.32 Å². The van der Waals surface area contributed by atoms with E-state index < -0.39 is 0 Å². The van der Waals surface area contributed by atoms with E-state index in [1.54, 1.807) is 0 Å². The molecule has 0 aliphatic heterocycles. The Kier molecular flexibility index (Phi) is 4.56. The third kappa shape index (κ3) is 3.70. The van der Waals surface area contributed by atoms with Crippen LogP contribution in [0.25, 0.3) is 0 Å². The summed E-state index contributed by atoms with van der Waals surface area (Å²) in [5.41, 5.74) is 3.08. The van der Waals surface area contributed by atoms with Gasteiger partial charge in [-0.1, -0.05) is 19.1 Å². The Bertz CT molecular complexity index is 572. The molecule has 1 N–H and O–H groups in total. The van der Waals surface area contributed by atoms with Gasteiger partial charge in [-0.15, -0.1) is 0 Å². The van der Waals surface area contributed by atoms with Gasteiger partial charge in [-0.2, -0.15) is 5.10 Å². The highest BCUT2D eigenvalue weighted by Gasteiger charge is 2.11. The molecule has 4 heteroatoms. The third-order valence-electron chi connectivity index (χ3n) is 3.32. The van der Waals surface area contributed by atoms with Crippen LogP contribution in [0, 0.1) is 6.92 Å². The summed E-state index contributed by atoms with van der Waals surface area (Å²) < 4.78 is 1.83. The van der Waals surface area contributed by atoms with E-state index in [9.17, 15) is 4.79 Å². The van der Waals surface area contributed by atoms with Crippen LogP contribution in [-0.2, 0) is 11.2 Å². The molecule has 20 heavy (non-hydrogen) atoms. The molecule has 4 nitrogen and oxygen atoms in total. The first-order valence-corrected chi connectivity index (χ1v) is 6.99. The van der Waals surface area contributed by atoms with E-state index >= 15 is 0 Å². The first-order chi connectivity index (χ1) is 9.58. The summed E-state index contributed by atoms with van der Waals surface area (Å²) in [6.45, 7) is 6.05. The average Bonchev–Trinajstić information content (AvgIpc) is 2.86. The summed E-state index contributed by atoms with van der Waals surface area (Å²) in [7, 11) is 0. The van der Waals surface area contributed by atoms with E-state index in [0.717, 1.165) is 17.8 Å². The number of amides is 1. The number of carbonyl (C=O) groups excluding carboxylic acids is 1. The molecular weight excluding hydrogens is 250 g/mol. The van der Waals surface area contributed by atoms with Crippen LogP contribution < -0.4 is 5.32 Å². The number of carbonyl (C=O) groups is 1. The van der Waals surface area contributed by atoms with Crippen LogP contribution in [-0.4, -0.2) is 15.7 Å². The molecule has 1 amide bonds. The van der Waals surface area contributed by atoms with Crippen LogP contribution in [0.5, 0.6) is 0 Å². The first kappa shape index (κ1) is 14.3. The highest BCUT2D eigenvalue weighted by Crippen LogP contribution is 2.14. The van der Waals surface area contributed by atoms with E-state index in [1.807, 2.05) is 55.1 Å². The van der Waals surface area contributed by atoms with Crippen LogP contribution in [0.15, 0.2) is 36.5 Å². The largest absolute Gasteiger partial charge is 0.326 e. The summed E-state index contributed by atoms with van der Waals surface area (Å²) in [4.78, 5) is 12.0. The van der Waals surface area contributed by atoms with Crippen LogP contribution >= 0.6 is 0 Å². The summed E-state index contributed by atoms with van der Waals surface area (Å²) in [6, 6.07) is 9.96. The predicted molar refractivity (Wildman–Crippen MR) is 80.7 cm³/mol. The molecule has 0 spiro atoms. The van der Waals surface area contributed by atoms with Gasteiger partial charge >= 0.3 is 0 Å². The van der Waals surface area contributed by atoms with Crippen molar-refractivity contribution in [3.05, 3.63) is 47.8 Å². The van der Waals surface area contributed by atoms with Gasteiger partial charge in [0.1, 0.15) is 0 Å². The molecule has 0 saturated heterocycles. The highest BCUT2D eigenvalue weighted by molar-refractivity contribution is 5.90. The number of hydrogen-bond acceptors (Lipinski definition) is 2. The van der Waals surface area contributed by atoms with Crippen molar-refractivity contribution in [2.24, 2.45) is 0 Å². The molecule has 0 aliphatic carbocycles. The maximum Gasteiger partial charge on any atom is 0.226 e. The molecule has 2 aromatic rings. The fraction of sp³-hybridized carbons (Fsp3) is 0.375. The van der Waals surface area contributed by atoms with E-state index in [4.69, 9.17) is 0 Å². The van der Waals surface area contributed by atoms with Crippen molar-refractivity contribution in [3.8, 4) is 0 Å². The number of rotatable bonds is 5. The Hall–Kier alpha value is -2.10. The van der Waals surface area contributed by atoms with Gasteiger partial charge in [0, 0.05) is 18.3 Å². The van der Waals surface area contributed by atoms with Crippen molar-refractivity contribution in [2.45, 2.75) is 39.7 Å². The predicted octanol–water partition coefficient (Wildman–Crippen LogP) is 3.34. The van der Waals surface area contributed by atoms with Crippen molar-refractivity contribution >= 4 is 11.6 Å². The quantitative estimate of drug-likeness (QED) is 0.906. The Morgan fingerprint density at radius 3 is 2.55 bits per heavy atom. The number of anilines is 1. The SMILES string of the molecule is CCc1ccc(NC(=O)C[C@H](C)n2ccc(C)n2)cc1. The molecule has 1 aromatic heterocycles. The Morgan fingerprint density at radius 2 is 2.00 bits per heavy atom. The van der Waals surface area contributed by atoms with Gasteiger partial charge in [0.15, 0.2) is 0 Å². The fourth-order valence-electron chi connectivity index (χ4n) is 2.08. The fourth-order valence-corrected chi connectivity index (χ4v) is 2.08. The first-order valence-electron chi connectivity index (χ1n) is 6.99. The van der Waals surface area contributed by atoms with E-state index in [1.165, 1.54) is 5.56 Å². The summed E-state index contributed by atoms with van der Waals surface area (Å²) in [5, 5.41) is 7.25. The summed E-state index contributed by atoms with van der Waals surface area (Å²) in [6.07, 6.45) is 3.32. The number of hydrogen-bond donors (Lipinski definition) is 1. The molecule has 1 atom stereocenters. The minimum atomic E-state index is 0.00917. The second-order valence-corrected chi connectivity index (χ2v) is 5.09. The van der Waals surface area contributed by atoms with Crippen molar-refractivity contribution in [1.29, 1.82) is 0 Å². The van der Waals surface area contributed by atoms with E-state index in [-0.39, 0.29) is 11.9 Å². The Morgan fingerprint density at radius 1 is 1.30 bits per heavy atom. The zero-order valence-electron chi connectivity index (χ0n) is 12.3. The Labute approximate surface area is 119 Å². The van der Waals surface area contributed by atoms with Crippen molar-refractivity contribution in [1.82, 2.24) is 9.78 Å². The van der Waals surface area contributed by atoms with Crippen molar-refractivity contribution in [3.63, 3.8) is 0 Å². The minimum Gasteiger partial charge on any atom is -0.326 e. The topological polar surface area (TPSA) is 46.9 Å². The molecule has 106 valence electrons. The van der Waals surface area contributed by atoms with Crippen molar-refractivity contribution < 1.29 is 4.79 Å². The lowest BCUT2D eigenvalue weighted by Crippen LogP contribution is -2.18. The lowest BCUT2D eigenvalue weighted by atomic mass is 10.1. The summed E-state index contributed by atoms with van der Waals surface area (Å²) >= 11 is 0. The normalized spacial score (nSPS) is 12.2. The molecule has 0 saturated carbocycles. The number of aromatic nitrogens is 2. The third-order valence-corrected chi connectivity index (χ3v) is 3.32. The van der Waals surface area contributed by atoms with Crippen LogP contribution in [0.4, 0.5) is 5.69 Å². The molecule has 0 radical (unpaired) electrons. The second kappa shape index (κ2) is 6.37. The van der Waals surface area contributed by atoms with Gasteiger partial charge in [0.05, 0.1) is 11.7 Å². The lowest BCUT2D eigenvalue weighted by Gasteiger charge is -2.12. The standard InChI is InChI=1S/C16H21N3O/c1-4-14-5-7-15(8-6-14)17-16(20)11-13(3)19-10-9-12(2)18-19/h5-10,13H,4,11H2,1-3H3,(H,17,20)/t13-/m0/s1. The molecule has 0 aliphatic rings. The maximum absolute atomic E-state index is 12.0. The van der Waals surface area contributed by atoms with Crippen LogP contribution in [0.1, 0.15) is 37.6 Å². The van der Waals surface area contributed by atoms with Gasteiger partial charge in [0.25, 0.3) is 0 Å². The molecule has 1 heterocycles. The molecule has 1 aromatic carbocycles. The number of nitrogens with one attached hydrogen (secondary N) is 1. The Balaban J connectivity index is 1.91. The molecule has 0 fully saturated rings. The van der Waals surface area contributed by atoms with Gasteiger partial charge in [-0.25, -0.2) is 0 Å².